The Bertz CT molecular complexity index is 811. The molecule has 2 fully saturated rings. The van der Waals surface area contributed by atoms with Crippen LogP contribution < -0.4 is 0 Å². The monoisotopic (exact) mass is 550 g/mol. The molecule has 1 aromatic carbocycles. The molecule has 6 nitrogen and oxygen atoms in total. The second-order valence-corrected chi connectivity index (χ2v) is 18.4. The van der Waals surface area contributed by atoms with E-state index >= 15 is 0 Å². The van der Waals surface area contributed by atoms with Crippen LogP contribution >= 0.6 is 0 Å². The second kappa shape index (κ2) is 13.7. The molecule has 2 saturated heterocycles. The van der Waals surface area contributed by atoms with Crippen LogP contribution in [0.15, 0.2) is 30.3 Å². The van der Waals surface area contributed by atoms with Gasteiger partial charge in [-0.25, -0.2) is 0 Å². The summed E-state index contributed by atoms with van der Waals surface area (Å²) in [5, 5.41) is 22.1. The van der Waals surface area contributed by atoms with Gasteiger partial charge in [0.05, 0.1) is 37.1 Å². The number of hydrogen-bond acceptors (Lipinski definition) is 6. The minimum atomic E-state index is -2.13. The van der Waals surface area contributed by atoms with Gasteiger partial charge < -0.3 is 28.8 Å². The van der Waals surface area contributed by atoms with Gasteiger partial charge in [-0.2, -0.15) is 0 Å². The minimum absolute atomic E-state index is 0.0696. The predicted octanol–water partition coefficient (Wildman–Crippen LogP) is 6.24. The molecule has 2 aliphatic heterocycles. The van der Waals surface area contributed by atoms with Crippen molar-refractivity contribution >= 4 is 8.32 Å². The largest absolute Gasteiger partial charge is 0.413 e. The van der Waals surface area contributed by atoms with Crippen LogP contribution in [0.2, 0.25) is 16.6 Å². The van der Waals surface area contributed by atoms with E-state index in [0.717, 1.165) is 19.3 Å². The van der Waals surface area contributed by atoms with Crippen molar-refractivity contribution < 1.29 is 28.8 Å². The third-order valence-electron chi connectivity index (χ3n) is 9.14. The first-order valence-corrected chi connectivity index (χ1v) is 17.0. The summed E-state index contributed by atoms with van der Waals surface area (Å²) in [5.74, 6) is 0.312. The molecule has 2 N–H and O–H groups in total. The van der Waals surface area contributed by atoms with E-state index in [9.17, 15) is 10.2 Å². The molecular weight excluding hydrogens is 496 g/mol. The van der Waals surface area contributed by atoms with Crippen molar-refractivity contribution in [2.24, 2.45) is 5.92 Å². The lowest BCUT2D eigenvalue weighted by atomic mass is 9.80. The molecule has 0 spiro atoms. The SMILES string of the molecule is CC(C)[Si](OC[C@H]1O[C@H]2C[C@H](C)[C@H](CCCOCc3ccccc3)O[C@]2(C)C[C@H](O)[C@@H]1O)(C(C)C)C(C)C. The molecule has 7 heteroatoms. The summed E-state index contributed by atoms with van der Waals surface area (Å²) in [4.78, 5) is 0. The number of aliphatic hydroxyl groups is 2. The molecule has 0 aliphatic carbocycles. The van der Waals surface area contributed by atoms with Crippen LogP contribution in [0.1, 0.15) is 86.6 Å². The Hall–Kier alpha value is -0.803. The molecule has 0 saturated carbocycles. The van der Waals surface area contributed by atoms with Crippen LogP contribution in [0.5, 0.6) is 0 Å². The maximum atomic E-state index is 11.1. The first kappa shape index (κ1) is 31.7. The Balaban J connectivity index is 1.60. The van der Waals surface area contributed by atoms with Gasteiger partial charge in [0.15, 0.2) is 8.32 Å². The highest BCUT2D eigenvalue weighted by atomic mass is 28.4. The lowest BCUT2D eigenvalue weighted by molar-refractivity contribution is -0.228. The summed E-state index contributed by atoms with van der Waals surface area (Å²) in [7, 11) is -2.13. The average Bonchev–Trinajstić information content (AvgIpc) is 2.93. The van der Waals surface area contributed by atoms with Crippen LogP contribution in [-0.4, -0.2) is 67.9 Å². The Kier molecular flexibility index (Phi) is 11.4. The van der Waals surface area contributed by atoms with Gasteiger partial charge in [-0.1, -0.05) is 78.8 Å². The lowest BCUT2D eigenvalue weighted by Gasteiger charge is -2.47. The Morgan fingerprint density at radius 2 is 1.63 bits per heavy atom. The highest BCUT2D eigenvalue weighted by Gasteiger charge is 2.52. The molecule has 2 heterocycles. The van der Waals surface area contributed by atoms with E-state index < -0.39 is 32.2 Å². The van der Waals surface area contributed by atoms with Crippen molar-refractivity contribution in [1.82, 2.24) is 0 Å². The molecule has 0 amide bonds. The number of ether oxygens (including phenoxy) is 3. The van der Waals surface area contributed by atoms with Crippen LogP contribution in [0.4, 0.5) is 0 Å². The normalized spacial score (nSPS) is 32.6. The van der Waals surface area contributed by atoms with Crippen molar-refractivity contribution in [3.8, 4) is 0 Å². The van der Waals surface area contributed by atoms with Crippen LogP contribution in [0.25, 0.3) is 0 Å². The van der Waals surface area contributed by atoms with Crippen LogP contribution in [0.3, 0.4) is 0 Å². The fourth-order valence-corrected chi connectivity index (χ4v) is 12.5. The topological polar surface area (TPSA) is 77.4 Å². The summed E-state index contributed by atoms with van der Waals surface area (Å²) < 4.78 is 25.9. The highest BCUT2D eigenvalue weighted by Crippen LogP contribution is 2.45. The Labute approximate surface area is 232 Å². The van der Waals surface area contributed by atoms with E-state index in [-0.39, 0.29) is 12.2 Å². The summed E-state index contributed by atoms with van der Waals surface area (Å²) in [5.41, 5.74) is 1.85. The van der Waals surface area contributed by atoms with Gasteiger partial charge in [-0.3, -0.25) is 0 Å². The van der Waals surface area contributed by atoms with E-state index in [2.05, 4.69) is 60.6 Å². The van der Waals surface area contributed by atoms with Crippen LogP contribution in [0, 0.1) is 5.92 Å². The summed E-state index contributed by atoms with van der Waals surface area (Å²) in [6.45, 7) is 19.4. The zero-order chi connectivity index (χ0) is 28.1. The average molecular weight is 551 g/mol. The number of benzene rings is 1. The third-order valence-corrected chi connectivity index (χ3v) is 15.2. The first-order valence-electron chi connectivity index (χ1n) is 14.9. The Morgan fingerprint density at radius 1 is 1.00 bits per heavy atom. The zero-order valence-corrected chi connectivity index (χ0v) is 26.1. The van der Waals surface area contributed by atoms with Gasteiger partial charge in [0.1, 0.15) is 12.2 Å². The van der Waals surface area contributed by atoms with Gasteiger partial charge in [0, 0.05) is 13.0 Å². The molecule has 218 valence electrons. The zero-order valence-electron chi connectivity index (χ0n) is 25.1. The number of aliphatic hydroxyl groups excluding tert-OH is 2. The maximum absolute atomic E-state index is 11.1. The van der Waals surface area contributed by atoms with Gasteiger partial charge in [0.25, 0.3) is 0 Å². The summed E-state index contributed by atoms with van der Waals surface area (Å²) in [6.07, 6.45) is 0.379. The van der Waals surface area contributed by atoms with Crippen molar-refractivity contribution in [3.05, 3.63) is 35.9 Å². The quantitative estimate of drug-likeness (QED) is 0.237. The Morgan fingerprint density at radius 3 is 2.24 bits per heavy atom. The smallest absolute Gasteiger partial charge is 0.200 e. The molecule has 0 bridgehead atoms. The predicted molar refractivity (Wildman–Crippen MR) is 155 cm³/mol. The molecule has 1 aromatic rings. The molecule has 2 aliphatic rings. The summed E-state index contributed by atoms with van der Waals surface area (Å²) in [6, 6.07) is 10.2. The highest BCUT2D eigenvalue weighted by molar-refractivity contribution is 6.77. The van der Waals surface area contributed by atoms with Gasteiger partial charge in [-0.05, 0) is 54.3 Å². The van der Waals surface area contributed by atoms with E-state index in [0.29, 0.717) is 48.8 Å². The number of fused-ring (bicyclic) bond motifs is 1. The van der Waals surface area contributed by atoms with Crippen molar-refractivity contribution in [1.29, 1.82) is 0 Å². The minimum Gasteiger partial charge on any atom is -0.413 e. The van der Waals surface area contributed by atoms with Crippen molar-refractivity contribution in [2.45, 2.75) is 140 Å². The molecule has 3 rings (SSSR count). The molecule has 0 radical (unpaired) electrons. The van der Waals surface area contributed by atoms with Gasteiger partial charge >= 0.3 is 0 Å². The number of hydrogen-bond donors (Lipinski definition) is 2. The fraction of sp³-hybridized carbons (Fsp3) is 0.806. The molecule has 0 aromatic heterocycles. The molecule has 0 unspecified atom stereocenters. The van der Waals surface area contributed by atoms with E-state index in [1.165, 1.54) is 5.56 Å². The molecular formula is C31H54O6Si. The standard InChI is InChI=1S/C31H54O6Si/c1-21(2)38(22(3)4,23(5)6)35-20-28-30(33)26(32)18-31(8)29(36-28)17-24(7)27(37-31)15-12-16-34-19-25-13-10-9-11-14-25/h9-11,13-14,21-24,26-30,32-33H,12,15-20H2,1-8H3/t24-,26-,27-,28+,29-,30-,31+/m0/s1. The van der Waals surface area contributed by atoms with Gasteiger partial charge in [-0.15, -0.1) is 0 Å². The van der Waals surface area contributed by atoms with Crippen LogP contribution in [-0.2, 0) is 25.2 Å². The maximum Gasteiger partial charge on any atom is 0.200 e. The second-order valence-electron chi connectivity index (χ2n) is 12.9. The summed E-state index contributed by atoms with van der Waals surface area (Å²) >= 11 is 0. The van der Waals surface area contributed by atoms with E-state index in [1.54, 1.807) is 0 Å². The first-order chi connectivity index (χ1) is 17.9. The third kappa shape index (κ3) is 7.28. The van der Waals surface area contributed by atoms with Crippen molar-refractivity contribution in [2.75, 3.05) is 13.2 Å². The molecule has 38 heavy (non-hydrogen) atoms. The fourth-order valence-electron chi connectivity index (χ4n) is 7.09. The lowest BCUT2D eigenvalue weighted by Crippen LogP contribution is -2.54. The van der Waals surface area contributed by atoms with E-state index in [1.807, 2.05) is 25.1 Å². The number of rotatable bonds is 12. The van der Waals surface area contributed by atoms with Crippen molar-refractivity contribution in [3.63, 3.8) is 0 Å². The van der Waals surface area contributed by atoms with Gasteiger partial charge in [0.2, 0.25) is 0 Å². The molecule has 7 atom stereocenters. The van der Waals surface area contributed by atoms with E-state index in [4.69, 9.17) is 18.6 Å².